The summed E-state index contributed by atoms with van der Waals surface area (Å²) in [5.74, 6) is 2.10. The van der Waals surface area contributed by atoms with Crippen molar-refractivity contribution in [1.82, 2.24) is 14.9 Å². The van der Waals surface area contributed by atoms with Gasteiger partial charge in [0.15, 0.2) is 0 Å². The lowest BCUT2D eigenvalue weighted by atomic mass is 9.73. The number of ether oxygens (including phenoxy) is 2. The summed E-state index contributed by atoms with van der Waals surface area (Å²) < 4.78 is 13.4. The fraction of sp³-hybridized carbons (Fsp3) is 0.483. The van der Waals surface area contributed by atoms with Gasteiger partial charge in [0.25, 0.3) is 11.5 Å². The van der Waals surface area contributed by atoms with E-state index in [9.17, 15) is 9.59 Å². The van der Waals surface area contributed by atoms with E-state index in [0.717, 1.165) is 25.9 Å². The fourth-order valence-electron chi connectivity index (χ4n) is 5.93. The van der Waals surface area contributed by atoms with E-state index in [-0.39, 0.29) is 39.1 Å². The topological polar surface area (TPSA) is 112 Å². The van der Waals surface area contributed by atoms with E-state index in [1.54, 1.807) is 35.9 Å². The second kappa shape index (κ2) is 11.2. The number of allylic oxidation sites excluding steroid dienone is 4. The van der Waals surface area contributed by atoms with Gasteiger partial charge in [-0.3, -0.25) is 14.2 Å². The average Bonchev–Trinajstić information content (AvgIpc) is 3.23. The Morgan fingerprint density at radius 3 is 2.42 bits per heavy atom. The molecule has 3 heterocycles. The summed E-state index contributed by atoms with van der Waals surface area (Å²) in [5, 5.41) is 3.09. The number of aromatic nitrogens is 2. The monoisotopic (exact) mass is 587 g/mol. The standard InChI is InChI=1S/C29H35Cl2N5O4/c1-16-26(35-13-11-29(12-14-35)15-39-17(2)25(29)32)34-18(3)36(28(16)38)21-9-10-22(24(31)23(21)30)40-20-7-5-19(6-8-20)27(37)33-4/h5-8,17,25H,9-15,32H2,1-4H3,(H,33,37)/t17-,25+/m0/s1. The largest absolute Gasteiger partial charge is 0.460 e. The molecule has 0 bridgehead atoms. The molecule has 1 aromatic carbocycles. The zero-order valence-corrected chi connectivity index (χ0v) is 24.7. The highest BCUT2D eigenvalue weighted by Gasteiger charge is 2.47. The quantitative estimate of drug-likeness (QED) is 0.537. The normalized spacial score (nSPS) is 22.7. The summed E-state index contributed by atoms with van der Waals surface area (Å²) in [7, 11) is 1.58. The minimum absolute atomic E-state index is 0.0106. The van der Waals surface area contributed by atoms with Crippen molar-refractivity contribution < 1.29 is 14.3 Å². The van der Waals surface area contributed by atoms with Gasteiger partial charge in [-0.25, -0.2) is 4.98 Å². The Morgan fingerprint density at radius 1 is 1.15 bits per heavy atom. The van der Waals surface area contributed by atoms with Crippen LogP contribution >= 0.6 is 23.2 Å². The molecule has 1 spiro atoms. The van der Waals surface area contributed by atoms with E-state index >= 15 is 0 Å². The van der Waals surface area contributed by atoms with Gasteiger partial charge in [-0.05, 0) is 64.3 Å². The van der Waals surface area contributed by atoms with Crippen LogP contribution in [0.5, 0.6) is 5.75 Å². The lowest BCUT2D eigenvalue weighted by Crippen LogP contribution is -2.51. The molecular weight excluding hydrogens is 553 g/mol. The molecule has 40 heavy (non-hydrogen) atoms. The average molecular weight is 589 g/mol. The number of benzene rings is 1. The summed E-state index contributed by atoms with van der Waals surface area (Å²) >= 11 is 13.4. The number of anilines is 1. The van der Waals surface area contributed by atoms with Gasteiger partial charge < -0.3 is 25.4 Å². The first-order valence-corrected chi connectivity index (χ1v) is 14.3. The third-order valence-corrected chi connectivity index (χ3v) is 9.39. The molecule has 11 heteroatoms. The van der Waals surface area contributed by atoms with E-state index in [2.05, 4.69) is 10.2 Å². The number of halogens is 2. The number of nitrogens with two attached hydrogens (primary N) is 1. The minimum Gasteiger partial charge on any atom is -0.460 e. The van der Waals surface area contributed by atoms with Crippen LogP contribution in [0.25, 0.3) is 5.70 Å². The highest BCUT2D eigenvalue weighted by molar-refractivity contribution is 6.45. The molecule has 0 saturated carbocycles. The molecule has 2 atom stereocenters. The minimum atomic E-state index is -0.181. The van der Waals surface area contributed by atoms with Crippen molar-refractivity contribution in [2.75, 3.05) is 31.6 Å². The number of aryl methyl sites for hydroxylation is 1. The van der Waals surface area contributed by atoms with Gasteiger partial charge in [0.1, 0.15) is 23.2 Å². The summed E-state index contributed by atoms with van der Waals surface area (Å²) in [6.45, 7) is 7.88. The molecule has 2 fully saturated rings. The molecule has 9 nitrogen and oxygen atoms in total. The predicted octanol–water partition coefficient (Wildman–Crippen LogP) is 4.28. The Hall–Kier alpha value is -2.85. The van der Waals surface area contributed by atoms with Crippen molar-refractivity contribution in [3.8, 4) is 5.75 Å². The molecule has 2 saturated heterocycles. The van der Waals surface area contributed by atoms with Crippen molar-refractivity contribution in [2.24, 2.45) is 11.1 Å². The molecule has 1 aromatic heterocycles. The summed E-state index contributed by atoms with van der Waals surface area (Å²) in [6, 6.07) is 6.77. The smallest absolute Gasteiger partial charge is 0.262 e. The lowest BCUT2D eigenvalue weighted by molar-refractivity contribution is 0.0962. The van der Waals surface area contributed by atoms with Gasteiger partial charge in [-0.1, -0.05) is 23.2 Å². The van der Waals surface area contributed by atoms with Crippen LogP contribution in [0, 0.1) is 19.3 Å². The fourth-order valence-corrected chi connectivity index (χ4v) is 6.45. The molecule has 3 N–H and O–H groups in total. The van der Waals surface area contributed by atoms with Crippen LogP contribution in [-0.4, -0.2) is 54.3 Å². The van der Waals surface area contributed by atoms with Crippen LogP contribution in [0.3, 0.4) is 0 Å². The number of hydrogen-bond donors (Lipinski definition) is 2. The molecular formula is C29H35Cl2N5O4. The number of piperidine rings is 1. The van der Waals surface area contributed by atoms with Gasteiger partial charge in [-0.2, -0.15) is 0 Å². The van der Waals surface area contributed by atoms with Crippen molar-refractivity contribution >= 4 is 40.6 Å². The van der Waals surface area contributed by atoms with Crippen LogP contribution in [0.2, 0.25) is 0 Å². The number of hydrogen-bond acceptors (Lipinski definition) is 7. The Morgan fingerprint density at radius 2 is 1.82 bits per heavy atom. The van der Waals surface area contributed by atoms with Crippen LogP contribution in [0.1, 0.15) is 54.4 Å². The van der Waals surface area contributed by atoms with Gasteiger partial charge in [0.05, 0.1) is 28.3 Å². The van der Waals surface area contributed by atoms with E-state index in [0.29, 0.717) is 59.4 Å². The Kier molecular flexibility index (Phi) is 8.03. The van der Waals surface area contributed by atoms with Crippen LogP contribution in [-0.2, 0) is 4.74 Å². The number of nitrogens with zero attached hydrogens (tertiary/aromatic N) is 3. The number of carbonyl (C=O) groups excluding carboxylic acids is 1. The first kappa shape index (κ1) is 28.7. The predicted molar refractivity (Wildman–Crippen MR) is 157 cm³/mol. The molecule has 214 valence electrons. The molecule has 1 aliphatic carbocycles. The van der Waals surface area contributed by atoms with Crippen molar-refractivity contribution in [3.63, 3.8) is 0 Å². The van der Waals surface area contributed by atoms with Gasteiger partial charge in [0.2, 0.25) is 0 Å². The van der Waals surface area contributed by atoms with Crippen molar-refractivity contribution in [3.05, 3.63) is 67.4 Å². The number of carbonyl (C=O) groups is 1. The van der Waals surface area contributed by atoms with E-state index in [4.69, 9.17) is 43.4 Å². The van der Waals surface area contributed by atoms with Crippen LogP contribution in [0.4, 0.5) is 5.82 Å². The Bertz CT molecular complexity index is 1440. The maximum Gasteiger partial charge on any atom is 0.262 e. The summed E-state index contributed by atoms with van der Waals surface area (Å²) in [5.41, 5.74) is 8.00. The molecule has 1 amide bonds. The van der Waals surface area contributed by atoms with E-state index in [1.165, 1.54) is 0 Å². The molecule has 2 aromatic rings. The molecule has 3 aliphatic rings. The first-order valence-electron chi connectivity index (χ1n) is 13.6. The molecule has 5 rings (SSSR count). The Balaban J connectivity index is 1.38. The van der Waals surface area contributed by atoms with E-state index < -0.39 is 0 Å². The third kappa shape index (κ3) is 5.04. The van der Waals surface area contributed by atoms with Gasteiger partial charge >= 0.3 is 0 Å². The second-order valence-corrected chi connectivity index (χ2v) is 11.6. The third-order valence-electron chi connectivity index (χ3n) is 8.49. The number of rotatable bonds is 5. The highest BCUT2D eigenvalue weighted by Crippen LogP contribution is 2.42. The number of amides is 1. The van der Waals surface area contributed by atoms with Gasteiger partial charge in [0, 0.05) is 49.3 Å². The zero-order chi connectivity index (χ0) is 28.8. The SMILES string of the molecule is CNC(=O)c1ccc(OC2=C(Cl)C(Cl)=C(n3c(C)nc(N4CCC5(CC4)CO[C@@H](C)[C@H]5N)c(C)c3=O)CC2)cc1. The van der Waals surface area contributed by atoms with E-state index in [1.807, 2.05) is 20.8 Å². The first-order chi connectivity index (χ1) is 19.1. The van der Waals surface area contributed by atoms with Crippen LogP contribution < -0.4 is 26.2 Å². The van der Waals surface area contributed by atoms with Crippen molar-refractivity contribution in [1.29, 1.82) is 0 Å². The molecule has 0 radical (unpaired) electrons. The van der Waals surface area contributed by atoms with Crippen LogP contribution in [0.15, 0.2) is 44.9 Å². The number of nitrogens with one attached hydrogen (secondary N) is 1. The maximum absolute atomic E-state index is 13.7. The zero-order valence-electron chi connectivity index (χ0n) is 23.2. The molecule has 2 aliphatic heterocycles. The molecule has 0 unspecified atom stereocenters. The van der Waals surface area contributed by atoms with Crippen molar-refractivity contribution in [2.45, 2.75) is 58.6 Å². The van der Waals surface area contributed by atoms with Gasteiger partial charge in [-0.15, -0.1) is 0 Å². The maximum atomic E-state index is 13.7. The summed E-state index contributed by atoms with van der Waals surface area (Å²) in [4.78, 5) is 32.5. The lowest BCUT2D eigenvalue weighted by Gasteiger charge is -2.42. The second-order valence-electron chi connectivity index (χ2n) is 10.8. The highest BCUT2D eigenvalue weighted by atomic mass is 35.5. The summed E-state index contributed by atoms with van der Waals surface area (Å²) in [6.07, 6.45) is 2.76. The Labute approximate surface area is 243 Å².